The van der Waals surface area contributed by atoms with Gasteiger partial charge in [0, 0.05) is 25.4 Å². The normalized spacial score (nSPS) is 32.7. The second kappa shape index (κ2) is 5.38. The highest BCUT2D eigenvalue weighted by atomic mass is 16.7. The summed E-state index contributed by atoms with van der Waals surface area (Å²) in [7, 11) is 0. The molecule has 0 aromatic rings. The number of piperidine rings is 1. The van der Waals surface area contributed by atoms with Gasteiger partial charge in [-0.05, 0) is 32.2 Å². The van der Waals surface area contributed by atoms with Gasteiger partial charge < -0.3 is 14.6 Å². The van der Waals surface area contributed by atoms with Crippen molar-refractivity contribution in [2.24, 2.45) is 5.92 Å². The number of rotatable bonds is 2. The number of carboxylic acids is 1. The Morgan fingerprint density at radius 2 is 1.84 bits per heavy atom. The van der Waals surface area contributed by atoms with Crippen LogP contribution in [0.1, 0.15) is 38.5 Å². The van der Waals surface area contributed by atoms with Crippen LogP contribution in [0.5, 0.6) is 0 Å². The SMILES string of the molecule is O=C(O)C1CCCN(C2CCC3(CC2)OCCO3)C1. The molecule has 108 valence electrons. The lowest BCUT2D eigenvalue weighted by atomic mass is 9.87. The summed E-state index contributed by atoms with van der Waals surface area (Å²) in [5.74, 6) is -1.12. The summed E-state index contributed by atoms with van der Waals surface area (Å²) in [6.07, 6.45) is 5.86. The Labute approximate surface area is 113 Å². The fourth-order valence-corrected chi connectivity index (χ4v) is 3.73. The van der Waals surface area contributed by atoms with Crippen LogP contribution in [0, 0.1) is 5.92 Å². The maximum Gasteiger partial charge on any atom is 0.307 e. The number of nitrogens with zero attached hydrogens (tertiary/aromatic N) is 1. The zero-order chi connectivity index (χ0) is 13.3. The Balaban J connectivity index is 1.54. The number of carboxylic acid groups (broad SMARTS) is 1. The molecule has 0 amide bonds. The molecule has 19 heavy (non-hydrogen) atoms. The summed E-state index contributed by atoms with van der Waals surface area (Å²) in [4.78, 5) is 13.5. The van der Waals surface area contributed by atoms with Crippen LogP contribution in [0.2, 0.25) is 0 Å². The minimum Gasteiger partial charge on any atom is -0.481 e. The van der Waals surface area contributed by atoms with Gasteiger partial charge in [0.05, 0.1) is 19.1 Å². The molecule has 5 nitrogen and oxygen atoms in total. The van der Waals surface area contributed by atoms with E-state index in [-0.39, 0.29) is 11.7 Å². The van der Waals surface area contributed by atoms with Crippen molar-refractivity contribution in [2.45, 2.75) is 50.4 Å². The molecule has 1 spiro atoms. The summed E-state index contributed by atoms with van der Waals surface area (Å²) < 4.78 is 11.5. The molecule has 3 rings (SSSR count). The minimum absolute atomic E-state index is 0.177. The van der Waals surface area contributed by atoms with Crippen molar-refractivity contribution in [3.63, 3.8) is 0 Å². The fraction of sp³-hybridized carbons (Fsp3) is 0.929. The van der Waals surface area contributed by atoms with Crippen LogP contribution >= 0.6 is 0 Å². The molecule has 3 fully saturated rings. The fourth-order valence-electron chi connectivity index (χ4n) is 3.73. The Bertz CT molecular complexity index is 330. The first-order valence-corrected chi connectivity index (χ1v) is 7.43. The maximum atomic E-state index is 11.1. The molecule has 1 aliphatic carbocycles. The van der Waals surface area contributed by atoms with Crippen molar-refractivity contribution in [1.82, 2.24) is 4.90 Å². The third-order valence-electron chi connectivity index (χ3n) is 4.85. The van der Waals surface area contributed by atoms with Crippen LogP contribution in [0.3, 0.4) is 0 Å². The molecule has 1 N–H and O–H groups in total. The number of ether oxygens (including phenoxy) is 2. The molecular weight excluding hydrogens is 246 g/mol. The molecule has 3 aliphatic rings. The zero-order valence-electron chi connectivity index (χ0n) is 11.3. The highest BCUT2D eigenvalue weighted by Gasteiger charge is 2.42. The van der Waals surface area contributed by atoms with E-state index in [1.54, 1.807) is 0 Å². The zero-order valence-corrected chi connectivity index (χ0v) is 11.3. The smallest absolute Gasteiger partial charge is 0.307 e. The van der Waals surface area contributed by atoms with Crippen molar-refractivity contribution in [2.75, 3.05) is 26.3 Å². The van der Waals surface area contributed by atoms with E-state index in [4.69, 9.17) is 14.6 Å². The summed E-state index contributed by atoms with van der Waals surface area (Å²) in [6, 6.07) is 0.514. The van der Waals surface area contributed by atoms with Crippen LogP contribution in [-0.4, -0.2) is 54.1 Å². The molecule has 1 saturated carbocycles. The molecule has 0 bridgehead atoms. The molecule has 0 radical (unpaired) electrons. The van der Waals surface area contributed by atoms with Crippen LogP contribution in [0.25, 0.3) is 0 Å². The quantitative estimate of drug-likeness (QED) is 0.822. The predicted molar refractivity (Wildman–Crippen MR) is 68.8 cm³/mol. The van der Waals surface area contributed by atoms with Gasteiger partial charge in [0.15, 0.2) is 5.79 Å². The molecule has 2 aliphatic heterocycles. The molecular formula is C14H23NO4. The van der Waals surface area contributed by atoms with Gasteiger partial charge in [-0.3, -0.25) is 9.69 Å². The number of carbonyl (C=O) groups is 1. The number of hydrogen-bond acceptors (Lipinski definition) is 4. The van der Waals surface area contributed by atoms with Crippen molar-refractivity contribution in [3.8, 4) is 0 Å². The lowest BCUT2D eigenvalue weighted by molar-refractivity contribution is -0.185. The lowest BCUT2D eigenvalue weighted by Gasteiger charge is -2.42. The van der Waals surface area contributed by atoms with Crippen molar-refractivity contribution >= 4 is 5.97 Å². The van der Waals surface area contributed by atoms with Gasteiger partial charge in [-0.15, -0.1) is 0 Å². The van der Waals surface area contributed by atoms with Gasteiger partial charge in [-0.2, -0.15) is 0 Å². The molecule has 5 heteroatoms. The first-order chi connectivity index (χ1) is 9.19. The maximum absolute atomic E-state index is 11.1. The second-order valence-corrected chi connectivity index (χ2v) is 6.01. The van der Waals surface area contributed by atoms with Gasteiger partial charge in [-0.1, -0.05) is 0 Å². The molecule has 1 atom stereocenters. The summed E-state index contributed by atoms with van der Waals surface area (Å²) in [6.45, 7) is 3.20. The van der Waals surface area contributed by atoms with Crippen LogP contribution in [0.4, 0.5) is 0 Å². The predicted octanol–water partition coefficient (Wildman–Crippen LogP) is 1.47. The summed E-state index contributed by atoms with van der Waals surface area (Å²) >= 11 is 0. The largest absolute Gasteiger partial charge is 0.481 e. The average Bonchev–Trinajstić information content (AvgIpc) is 2.88. The van der Waals surface area contributed by atoms with Gasteiger partial charge in [0.2, 0.25) is 0 Å². The van der Waals surface area contributed by atoms with Gasteiger partial charge in [0.25, 0.3) is 0 Å². The number of aliphatic carboxylic acids is 1. The number of likely N-dealkylation sites (tertiary alicyclic amines) is 1. The van der Waals surface area contributed by atoms with Gasteiger partial charge >= 0.3 is 5.97 Å². The number of hydrogen-bond donors (Lipinski definition) is 1. The molecule has 1 unspecified atom stereocenters. The van der Waals surface area contributed by atoms with E-state index in [0.717, 1.165) is 58.3 Å². The first-order valence-electron chi connectivity index (χ1n) is 7.43. The minimum atomic E-state index is -0.639. The summed E-state index contributed by atoms with van der Waals surface area (Å²) in [5, 5.41) is 9.16. The van der Waals surface area contributed by atoms with E-state index in [1.165, 1.54) is 0 Å². The monoisotopic (exact) mass is 269 g/mol. The van der Waals surface area contributed by atoms with Crippen LogP contribution < -0.4 is 0 Å². The average molecular weight is 269 g/mol. The Morgan fingerprint density at radius 1 is 1.16 bits per heavy atom. The highest BCUT2D eigenvalue weighted by Crippen LogP contribution is 2.38. The standard InChI is InChI=1S/C14H23NO4/c16-13(17)11-2-1-7-15(10-11)12-3-5-14(6-4-12)18-8-9-19-14/h11-12H,1-10H2,(H,16,17). The van der Waals surface area contributed by atoms with Gasteiger partial charge in [-0.25, -0.2) is 0 Å². The highest BCUT2D eigenvalue weighted by molar-refractivity contribution is 5.70. The van der Waals surface area contributed by atoms with E-state index in [1.807, 2.05) is 0 Å². The molecule has 0 aromatic heterocycles. The Hall–Kier alpha value is -0.650. The van der Waals surface area contributed by atoms with E-state index < -0.39 is 5.97 Å². The molecule has 0 aromatic carbocycles. The first kappa shape index (κ1) is 13.3. The van der Waals surface area contributed by atoms with Crippen LogP contribution in [0.15, 0.2) is 0 Å². The van der Waals surface area contributed by atoms with E-state index >= 15 is 0 Å². The van der Waals surface area contributed by atoms with E-state index in [0.29, 0.717) is 12.6 Å². The Kier molecular flexibility index (Phi) is 3.78. The van der Waals surface area contributed by atoms with E-state index in [9.17, 15) is 4.79 Å². The Morgan fingerprint density at radius 3 is 2.47 bits per heavy atom. The van der Waals surface area contributed by atoms with Crippen molar-refractivity contribution in [3.05, 3.63) is 0 Å². The molecule has 2 heterocycles. The van der Waals surface area contributed by atoms with Crippen molar-refractivity contribution in [1.29, 1.82) is 0 Å². The van der Waals surface area contributed by atoms with E-state index in [2.05, 4.69) is 4.90 Å². The summed E-state index contributed by atoms with van der Waals surface area (Å²) in [5.41, 5.74) is 0. The third-order valence-corrected chi connectivity index (χ3v) is 4.85. The second-order valence-electron chi connectivity index (χ2n) is 6.01. The van der Waals surface area contributed by atoms with Crippen molar-refractivity contribution < 1.29 is 19.4 Å². The van der Waals surface area contributed by atoms with Crippen LogP contribution in [-0.2, 0) is 14.3 Å². The molecule has 2 saturated heterocycles. The van der Waals surface area contributed by atoms with Gasteiger partial charge in [0.1, 0.15) is 0 Å². The third kappa shape index (κ3) is 2.78. The topological polar surface area (TPSA) is 59.0 Å². The lowest BCUT2D eigenvalue weighted by Crippen LogP contribution is -2.48.